The number of fused-ring (bicyclic) bond motifs is 1. The SMILES string of the molecule is CC(C)(C)[C@H](NC(=O)Cc1c[nH]c2ccccc12)C(N)=O. The molecule has 0 bridgehead atoms. The molecule has 0 saturated carbocycles. The van der Waals surface area contributed by atoms with E-state index in [2.05, 4.69) is 10.3 Å². The number of para-hydroxylation sites is 1. The molecular formula is C16H21N3O2. The highest BCUT2D eigenvalue weighted by molar-refractivity contribution is 5.91. The zero-order valence-corrected chi connectivity index (χ0v) is 12.6. The van der Waals surface area contributed by atoms with Crippen molar-refractivity contribution in [2.75, 3.05) is 0 Å². The van der Waals surface area contributed by atoms with Gasteiger partial charge in [-0.15, -0.1) is 0 Å². The minimum Gasteiger partial charge on any atom is -0.368 e. The van der Waals surface area contributed by atoms with E-state index in [0.29, 0.717) is 0 Å². The van der Waals surface area contributed by atoms with Crippen LogP contribution in [0.4, 0.5) is 0 Å². The molecule has 0 aliphatic carbocycles. The average molecular weight is 287 g/mol. The summed E-state index contributed by atoms with van der Waals surface area (Å²) >= 11 is 0. The Hall–Kier alpha value is -2.30. The average Bonchev–Trinajstić information content (AvgIpc) is 2.78. The van der Waals surface area contributed by atoms with Gasteiger partial charge in [-0.25, -0.2) is 0 Å². The molecular weight excluding hydrogens is 266 g/mol. The highest BCUT2D eigenvalue weighted by Gasteiger charge is 2.31. The van der Waals surface area contributed by atoms with E-state index in [1.807, 2.05) is 51.2 Å². The first-order valence-corrected chi connectivity index (χ1v) is 6.92. The number of amides is 2. The molecule has 0 aliphatic heterocycles. The number of hydrogen-bond donors (Lipinski definition) is 3. The topological polar surface area (TPSA) is 88.0 Å². The third kappa shape index (κ3) is 3.42. The van der Waals surface area contributed by atoms with Gasteiger partial charge in [-0.2, -0.15) is 0 Å². The van der Waals surface area contributed by atoms with E-state index in [1.165, 1.54) is 0 Å². The number of carbonyl (C=O) groups excluding carboxylic acids is 2. The van der Waals surface area contributed by atoms with Gasteiger partial charge in [-0.3, -0.25) is 9.59 Å². The molecule has 0 fully saturated rings. The van der Waals surface area contributed by atoms with Gasteiger partial charge in [0.15, 0.2) is 0 Å². The molecule has 0 radical (unpaired) electrons. The van der Waals surface area contributed by atoms with Crippen LogP contribution in [0, 0.1) is 5.41 Å². The third-order valence-electron chi connectivity index (χ3n) is 3.48. The van der Waals surface area contributed by atoms with Gasteiger partial charge >= 0.3 is 0 Å². The molecule has 112 valence electrons. The maximum Gasteiger partial charge on any atom is 0.240 e. The summed E-state index contributed by atoms with van der Waals surface area (Å²) in [7, 11) is 0. The van der Waals surface area contributed by atoms with Crippen LogP contribution in [0.3, 0.4) is 0 Å². The smallest absolute Gasteiger partial charge is 0.240 e. The van der Waals surface area contributed by atoms with Crippen molar-refractivity contribution in [2.45, 2.75) is 33.2 Å². The summed E-state index contributed by atoms with van der Waals surface area (Å²) < 4.78 is 0. The van der Waals surface area contributed by atoms with Crippen LogP contribution in [0.2, 0.25) is 0 Å². The Morgan fingerprint density at radius 3 is 2.57 bits per heavy atom. The van der Waals surface area contributed by atoms with Gasteiger partial charge in [-0.1, -0.05) is 39.0 Å². The first kappa shape index (κ1) is 15.1. The second-order valence-corrected chi connectivity index (χ2v) is 6.31. The molecule has 4 N–H and O–H groups in total. The first-order valence-electron chi connectivity index (χ1n) is 6.92. The second kappa shape index (κ2) is 5.60. The van der Waals surface area contributed by atoms with E-state index in [4.69, 9.17) is 5.73 Å². The summed E-state index contributed by atoms with van der Waals surface area (Å²) in [5, 5.41) is 3.75. The fourth-order valence-corrected chi connectivity index (χ4v) is 2.38. The van der Waals surface area contributed by atoms with Crippen molar-refractivity contribution in [1.29, 1.82) is 0 Å². The van der Waals surface area contributed by atoms with Crippen molar-refractivity contribution < 1.29 is 9.59 Å². The molecule has 1 heterocycles. The predicted octanol–water partition coefficient (Wildman–Crippen LogP) is 1.73. The fraction of sp³-hybridized carbons (Fsp3) is 0.375. The number of hydrogen-bond acceptors (Lipinski definition) is 2. The minimum atomic E-state index is -0.685. The van der Waals surface area contributed by atoms with Crippen LogP contribution in [-0.4, -0.2) is 22.8 Å². The van der Waals surface area contributed by atoms with E-state index in [0.717, 1.165) is 16.5 Å². The Bertz CT molecular complexity index is 667. The molecule has 1 aromatic heterocycles. The van der Waals surface area contributed by atoms with Crippen LogP contribution in [0.25, 0.3) is 10.9 Å². The zero-order chi connectivity index (χ0) is 15.6. The summed E-state index contributed by atoms with van der Waals surface area (Å²) in [5.41, 5.74) is 6.85. The van der Waals surface area contributed by atoms with Gasteiger partial charge in [0.05, 0.1) is 6.42 Å². The Kier molecular flexibility index (Phi) is 4.02. The number of aromatic amines is 1. The van der Waals surface area contributed by atoms with Crippen LogP contribution >= 0.6 is 0 Å². The summed E-state index contributed by atoms with van der Waals surface area (Å²) in [4.78, 5) is 26.8. The normalized spacial score (nSPS) is 13.1. The Balaban J connectivity index is 2.13. The number of carbonyl (C=O) groups is 2. The lowest BCUT2D eigenvalue weighted by molar-refractivity contribution is -0.129. The van der Waals surface area contributed by atoms with Gasteiger partial charge in [0.1, 0.15) is 6.04 Å². The second-order valence-electron chi connectivity index (χ2n) is 6.31. The van der Waals surface area contributed by atoms with Gasteiger partial charge in [0, 0.05) is 17.1 Å². The zero-order valence-electron chi connectivity index (χ0n) is 12.6. The van der Waals surface area contributed by atoms with E-state index in [1.54, 1.807) is 0 Å². The van der Waals surface area contributed by atoms with Gasteiger partial charge in [-0.05, 0) is 17.0 Å². The number of H-pyrrole nitrogens is 1. The molecule has 0 spiro atoms. The summed E-state index contributed by atoms with van der Waals surface area (Å²) in [6, 6.07) is 7.10. The van der Waals surface area contributed by atoms with Crippen molar-refractivity contribution in [2.24, 2.45) is 11.1 Å². The highest BCUT2D eigenvalue weighted by atomic mass is 16.2. The van der Waals surface area contributed by atoms with Gasteiger partial charge in [0.2, 0.25) is 11.8 Å². The van der Waals surface area contributed by atoms with Crippen LogP contribution in [0.5, 0.6) is 0 Å². The van der Waals surface area contributed by atoms with Crippen LogP contribution in [-0.2, 0) is 16.0 Å². The molecule has 2 aromatic rings. The lowest BCUT2D eigenvalue weighted by Gasteiger charge is -2.28. The van der Waals surface area contributed by atoms with E-state index >= 15 is 0 Å². The Morgan fingerprint density at radius 2 is 1.95 bits per heavy atom. The summed E-state index contributed by atoms with van der Waals surface area (Å²) in [6.07, 6.45) is 2.03. The predicted molar refractivity (Wildman–Crippen MR) is 82.6 cm³/mol. The molecule has 0 unspecified atom stereocenters. The van der Waals surface area contributed by atoms with Crippen LogP contribution in [0.15, 0.2) is 30.5 Å². The number of rotatable bonds is 4. The van der Waals surface area contributed by atoms with E-state index in [-0.39, 0.29) is 12.3 Å². The standard InChI is InChI=1S/C16H21N3O2/c1-16(2,3)14(15(17)21)19-13(20)8-10-9-18-12-7-5-4-6-11(10)12/h4-7,9,14,18H,8H2,1-3H3,(H2,17,21)(H,19,20)/t14-/m1/s1. The number of aromatic nitrogens is 1. The first-order chi connectivity index (χ1) is 9.79. The summed E-state index contributed by atoms with van der Waals surface area (Å²) in [5.74, 6) is -0.728. The Morgan fingerprint density at radius 1 is 1.29 bits per heavy atom. The summed E-state index contributed by atoms with van der Waals surface area (Å²) in [6.45, 7) is 5.61. The monoisotopic (exact) mass is 287 g/mol. The molecule has 5 heteroatoms. The molecule has 1 aromatic carbocycles. The molecule has 2 rings (SSSR count). The van der Waals surface area contributed by atoms with Gasteiger partial charge in [0.25, 0.3) is 0 Å². The van der Waals surface area contributed by atoms with Crippen molar-refractivity contribution in [1.82, 2.24) is 10.3 Å². The van der Waals surface area contributed by atoms with Gasteiger partial charge < -0.3 is 16.0 Å². The largest absolute Gasteiger partial charge is 0.368 e. The van der Waals surface area contributed by atoms with Crippen LogP contribution < -0.4 is 11.1 Å². The van der Waals surface area contributed by atoms with E-state index < -0.39 is 17.4 Å². The molecule has 0 saturated heterocycles. The Labute approximate surface area is 123 Å². The quantitative estimate of drug-likeness (QED) is 0.799. The van der Waals surface area contributed by atoms with Crippen molar-refractivity contribution in [3.05, 3.63) is 36.0 Å². The molecule has 5 nitrogen and oxygen atoms in total. The fourth-order valence-electron chi connectivity index (χ4n) is 2.38. The van der Waals surface area contributed by atoms with Crippen LogP contribution in [0.1, 0.15) is 26.3 Å². The maximum absolute atomic E-state index is 12.2. The number of nitrogens with two attached hydrogens (primary N) is 1. The lowest BCUT2D eigenvalue weighted by atomic mass is 9.86. The number of primary amides is 1. The molecule has 0 aliphatic rings. The van der Waals surface area contributed by atoms with Crippen molar-refractivity contribution in [3.63, 3.8) is 0 Å². The number of benzene rings is 1. The van der Waals surface area contributed by atoms with E-state index in [9.17, 15) is 9.59 Å². The van der Waals surface area contributed by atoms with Crippen molar-refractivity contribution >= 4 is 22.7 Å². The molecule has 2 amide bonds. The highest BCUT2D eigenvalue weighted by Crippen LogP contribution is 2.20. The molecule has 1 atom stereocenters. The lowest BCUT2D eigenvalue weighted by Crippen LogP contribution is -2.52. The minimum absolute atomic E-state index is 0.210. The molecule has 21 heavy (non-hydrogen) atoms. The third-order valence-corrected chi connectivity index (χ3v) is 3.48. The van der Waals surface area contributed by atoms with Crippen molar-refractivity contribution in [3.8, 4) is 0 Å². The number of nitrogens with one attached hydrogen (secondary N) is 2. The maximum atomic E-state index is 12.2.